The highest BCUT2D eigenvalue weighted by molar-refractivity contribution is 5.43. The Hall–Kier alpha value is -0.860. The molecular weight excluding hydrogens is 236 g/mol. The molecule has 2 saturated carbocycles. The van der Waals surface area contributed by atoms with Crippen molar-refractivity contribution in [2.24, 2.45) is 5.41 Å². The fourth-order valence-corrected chi connectivity index (χ4v) is 4.60. The van der Waals surface area contributed by atoms with Crippen LogP contribution in [-0.4, -0.2) is 18.0 Å². The first kappa shape index (κ1) is 11.9. The quantitative estimate of drug-likeness (QED) is 0.765. The molecule has 0 bridgehead atoms. The number of hydrogen-bond donors (Lipinski definition) is 0. The molecule has 2 unspecified atom stereocenters. The minimum atomic E-state index is -0.332. The third kappa shape index (κ3) is 1.25. The van der Waals surface area contributed by atoms with Crippen molar-refractivity contribution in [3.63, 3.8) is 0 Å². The summed E-state index contributed by atoms with van der Waals surface area (Å²) in [4.78, 5) is 0. The smallest absolute Gasteiger partial charge is 0.175 e. The standard InChI is InChI=1S/C17H22O2/c1-12-13(2)19-17(18-12)10-9-16(11-15(16,17)3)14-7-5-4-6-8-14/h4-8,12-13H,9-11H2,1-3H3/t12-,13-,15?,16?/m0/s1. The summed E-state index contributed by atoms with van der Waals surface area (Å²) in [6.07, 6.45) is 3.84. The molecule has 1 aromatic carbocycles. The Morgan fingerprint density at radius 1 is 1.00 bits per heavy atom. The first-order valence-electron chi connectivity index (χ1n) is 7.44. The Morgan fingerprint density at radius 2 is 1.63 bits per heavy atom. The van der Waals surface area contributed by atoms with Gasteiger partial charge in [0.2, 0.25) is 0 Å². The van der Waals surface area contributed by atoms with E-state index in [0.29, 0.717) is 0 Å². The van der Waals surface area contributed by atoms with Gasteiger partial charge in [-0.15, -0.1) is 0 Å². The zero-order valence-electron chi connectivity index (χ0n) is 12.0. The van der Waals surface area contributed by atoms with E-state index < -0.39 is 0 Å². The van der Waals surface area contributed by atoms with E-state index in [-0.39, 0.29) is 28.8 Å². The van der Waals surface area contributed by atoms with Gasteiger partial charge in [-0.3, -0.25) is 0 Å². The summed E-state index contributed by atoms with van der Waals surface area (Å²) in [5, 5.41) is 0. The van der Waals surface area contributed by atoms with Crippen molar-refractivity contribution in [3.05, 3.63) is 35.9 Å². The molecular formula is C17H22O2. The third-order valence-corrected chi connectivity index (χ3v) is 6.05. The summed E-state index contributed by atoms with van der Waals surface area (Å²) < 4.78 is 12.6. The van der Waals surface area contributed by atoms with Crippen LogP contribution < -0.4 is 0 Å². The zero-order chi connectivity index (χ0) is 13.3. The van der Waals surface area contributed by atoms with Crippen molar-refractivity contribution in [1.82, 2.24) is 0 Å². The van der Waals surface area contributed by atoms with E-state index in [4.69, 9.17) is 9.47 Å². The first-order chi connectivity index (χ1) is 9.03. The van der Waals surface area contributed by atoms with E-state index in [9.17, 15) is 0 Å². The molecule has 1 saturated heterocycles. The van der Waals surface area contributed by atoms with Gasteiger partial charge in [0.15, 0.2) is 5.79 Å². The molecule has 0 amide bonds. The molecule has 1 aliphatic heterocycles. The van der Waals surface area contributed by atoms with E-state index in [2.05, 4.69) is 51.1 Å². The zero-order valence-corrected chi connectivity index (χ0v) is 12.0. The Kier molecular flexibility index (Phi) is 2.15. The molecule has 0 N–H and O–H groups in total. The van der Waals surface area contributed by atoms with Gasteiger partial charge in [-0.2, -0.15) is 0 Å². The molecule has 4 atom stereocenters. The average molecular weight is 258 g/mol. The van der Waals surface area contributed by atoms with Crippen LogP contribution in [0.15, 0.2) is 30.3 Å². The van der Waals surface area contributed by atoms with E-state index in [1.165, 1.54) is 18.4 Å². The maximum atomic E-state index is 6.30. The van der Waals surface area contributed by atoms with Gasteiger partial charge < -0.3 is 9.47 Å². The third-order valence-electron chi connectivity index (χ3n) is 6.05. The molecule has 2 nitrogen and oxygen atoms in total. The fourth-order valence-electron chi connectivity index (χ4n) is 4.60. The van der Waals surface area contributed by atoms with Crippen LogP contribution in [0.3, 0.4) is 0 Å². The lowest BCUT2D eigenvalue weighted by Gasteiger charge is -2.31. The molecule has 19 heavy (non-hydrogen) atoms. The van der Waals surface area contributed by atoms with Crippen molar-refractivity contribution in [1.29, 1.82) is 0 Å². The van der Waals surface area contributed by atoms with Crippen LogP contribution in [-0.2, 0) is 14.9 Å². The Balaban J connectivity index is 1.72. The molecule has 3 fully saturated rings. The van der Waals surface area contributed by atoms with Crippen molar-refractivity contribution in [2.75, 3.05) is 0 Å². The molecule has 3 aliphatic rings. The molecule has 2 aliphatic carbocycles. The Labute approximate surface area is 115 Å². The topological polar surface area (TPSA) is 18.5 Å². The van der Waals surface area contributed by atoms with Crippen molar-refractivity contribution >= 4 is 0 Å². The van der Waals surface area contributed by atoms with Crippen molar-refractivity contribution in [2.45, 2.75) is 63.4 Å². The van der Waals surface area contributed by atoms with Gasteiger partial charge in [0.1, 0.15) is 0 Å². The van der Waals surface area contributed by atoms with Gasteiger partial charge in [0.25, 0.3) is 0 Å². The summed E-state index contributed by atoms with van der Waals surface area (Å²) >= 11 is 0. The summed E-state index contributed by atoms with van der Waals surface area (Å²) in [7, 11) is 0. The van der Waals surface area contributed by atoms with Crippen molar-refractivity contribution < 1.29 is 9.47 Å². The van der Waals surface area contributed by atoms with Crippen LogP contribution in [0, 0.1) is 5.41 Å². The molecule has 1 spiro atoms. The minimum absolute atomic E-state index is 0.153. The molecule has 0 radical (unpaired) electrons. The summed E-state index contributed by atoms with van der Waals surface area (Å²) in [5.41, 5.74) is 1.91. The summed E-state index contributed by atoms with van der Waals surface area (Å²) in [5.74, 6) is -0.332. The lowest BCUT2D eigenvalue weighted by atomic mass is 9.88. The van der Waals surface area contributed by atoms with Crippen LogP contribution in [0.25, 0.3) is 0 Å². The van der Waals surface area contributed by atoms with E-state index in [1.807, 2.05) is 0 Å². The van der Waals surface area contributed by atoms with Crippen LogP contribution in [0.4, 0.5) is 0 Å². The predicted octanol–water partition coefficient (Wildman–Crippen LogP) is 3.65. The number of ether oxygens (including phenoxy) is 2. The molecule has 1 aromatic rings. The second-order valence-corrected chi connectivity index (χ2v) is 6.86. The second kappa shape index (κ2) is 3.42. The number of benzene rings is 1. The number of fused-ring (bicyclic) bond motifs is 2. The fraction of sp³-hybridized carbons (Fsp3) is 0.647. The first-order valence-corrected chi connectivity index (χ1v) is 7.44. The van der Waals surface area contributed by atoms with Gasteiger partial charge in [-0.1, -0.05) is 37.3 Å². The van der Waals surface area contributed by atoms with Gasteiger partial charge in [-0.25, -0.2) is 0 Å². The van der Waals surface area contributed by atoms with Gasteiger partial charge in [0, 0.05) is 17.3 Å². The van der Waals surface area contributed by atoms with Crippen LogP contribution in [0.2, 0.25) is 0 Å². The molecule has 2 heteroatoms. The SMILES string of the molecule is C[C@@H]1OC2(CCC3(c4ccccc4)CC23C)O[C@H]1C. The average Bonchev–Trinajstić information content (AvgIpc) is 2.85. The number of rotatable bonds is 1. The van der Waals surface area contributed by atoms with Gasteiger partial charge in [-0.05, 0) is 32.3 Å². The Morgan fingerprint density at radius 3 is 2.21 bits per heavy atom. The van der Waals surface area contributed by atoms with Gasteiger partial charge in [0.05, 0.1) is 12.2 Å². The summed E-state index contributed by atoms with van der Waals surface area (Å²) in [6, 6.07) is 10.9. The highest BCUT2D eigenvalue weighted by Crippen LogP contribution is 2.79. The van der Waals surface area contributed by atoms with Crippen LogP contribution >= 0.6 is 0 Å². The highest BCUT2D eigenvalue weighted by Gasteiger charge is 2.81. The molecule has 1 heterocycles. The molecule has 0 aromatic heterocycles. The molecule has 4 rings (SSSR count). The second-order valence-electron chi connectivity index (χ2n) is 6.86. The Bertz CT molecular complexity index is 497. The predicted molar refractivity (Wildman–Crippen MR) is 73.9 cm³/mol. The lowest BCUT2D eigenvalue weighted by Crippen LogP contribution is -2.38. The van der Waals surface area contributed by atoms with E-state index in [0.717, 1.165) is 6.42 Å². The minimum Gasteiger partial charge on any atom is -0.344 e. The van der Waals surface area contributed by atoms with E-state index >= 15 is 0 Å². The monoisotopic (exact) mass is 258 g/mol. The normalized spacial score (nSPS) is 46.5. The van der Waals surface area contributed by atoms with Crippen LogP contribution in [0.5, 0.6) is 0 Å². The highest BCUT2D eigenvalue weighted by atomic mass is 16.8. The lowest BCUT2D eigenvalue weighted by molar-refractivity contribution is -0.209. The van der Waals surface area contributed by atoms with Gasteiger partial charge >= 0.3 is 0 Å². The maximum absolute atomic E-state index is 6.30. The maximum Gasteiger partial charge on any atom is 0.175 e. The number of hydrogen-bond acceptors (Lipinski definition) is 2. The summed E-state index contributed by atoms with van der Waals surface area (Å²) in [6.45, 7) is 6.62. The largest absolute Gasteiger partial charge is 0.344 e. The molecule has 102 valence electrons. The van der Waals surface area contributed by atoms with E-state index in [1.54, 1.807) is 0 Å². The van der Waals surface area contributed by atoms with Crippen LogP contribution in [0.1, 0.15) is 45.6 Å². The van der Waals surface area contributed by atoms with Crippen molar-refractivity contribution in [3.8, 4) is 0 Å².